The first-order valence-electron chi connectivity index (χ1n) is 6.57. The molecule has 6 heteroatoms. The number of carbonyl (C=O) groups is 1. The van der Waals surface area contributed by atoms with E-state index in [2.05, 4.69) is 21.7 Å². The molecule has 98 valence electrons. The number of hydrogen-bond donors (Lipinski definition) is 0. The highest BCUT2D eigenvalue weighted by atomic mass is 16.6. The van der Waals surface area contributed by atoms with Crippen molar-refractivity contribution >= 4 is 6.09 Å². The van der Waals surface area contributed by atoms with Gasteiger partial charge >= 0.3 is 6.09 Å². The second-order valence-corrected chi connectivity index (χ2v) is 5.10. The third-order valence-corrected chi connectivity index (χ3v) is 3.91. The standard InChI is InChI=1S/C12H18N4O2/c1-2-3-4-18-12(17)15-5-9-10(6-15)11(9)16-7-13-14-8-16/h7-11H,2-6H2,1H3/t9-,10+,11?. The van der Waals surface area contributed by atoms with Crippen molar-refractivity contribution in [3.63, 3.8) is 0 Å². The number of carbonyl (C=O) groups excluding carboxylic acids is 1. The van der Waals surface area contributed by atoms with Crippen molar-refractivity contribution in [2.24, 2.45) is 11.8 Å². The largest absolute Gasteiger partial charge is 0.449 e. The Hall–Kier alpha value is -1.59. The lowest BCUT2D eigenvalue weighted by Crippen LogP contribution is -2.32. The van der Waals surface area contributed by atoms with Crippen molar-refractivity contribution in [3.8, 4) is 0 Å². The number of ether oxygens (including phenoxy) is 1. The number of unbranched alkanes of at least 4 members (excludes halogenated alkanes) is 1. The summed E-state index contributed by atoms with van der Waals surface area (Å²) in [4.78, 5) is 13.6. The molecule has 0 spiro atoms. The first kappa shape index (κ1) is 11.5. The lowest BCUT2D eigenvalue weighted by Gasteiger charge is -2.19. The van der Waals surface area contributed by atoms with E-state index in [1.165, 1.54) is 0 Å². The summed E-state index contributed by atoms with van der Waals surface area (Å²) in [7, 11) is 0. The Morgan fingerprint density at radius 2 is 2.00 bits per heavy atom. The number of amides is 1. The first-order valence-corrected chi connectivity index (χ1v) is 6.57. The predicted molar refractivity (Wildman–Crippen MR) is 63.9 cm³/mol. The van der Waals surface area contributed by atoms with Gasteiger partial charge in [0.25, 0.3) is 0 Å². The van der Waals surface area contributed by atoms with Gasteiger partial charge in [0.2, 0.25) is 0 Å². The summed E-state index contributed by atoms with van der Waals surface area (Å²) in [6.45, 7) is 4.23. The maximum Gasteiger partial charge on any atom is 0.409 e. The second-order valence-electron chi connectivity index (χ2n) is 5.10. The minimum absolute atomic E-state index is 0.154. The summed E-state index contributed by atoms with van der Waals surface area (Å²) in [5, 5.41) is 7.64. The average Bonchev–Trinajstić information content (AvgIpc) is 2.82. The molecule has 1 unspecified atom stereocenters. The SMILES string of the molecule is CCCCOC(=O)N1C[C@@H]2C(n3cnnc3)[C@@H]2C1. The Labute approximate surface area is 106 Å². The van der Waals surface area contributed by atoms with E-state index < -0.39 is 0 Å². The predicted octanol–water partition coefficient (Wildman–Crippen LogP) is 1.32. The highest BCUT2D eigenvalue weighted by Gasteiger charge is 2.58. The Morgan fingerprint density at radius 3 is 2.61 bits per heavy atom. The van der Waals surface area contributed by atoms with Crippen LogP contribution >= 0.6 is 0 Å². The molecule has 3 atom stereocenters. The molecule has 18 heavy (non-hydrogen) atoms. The number of piperidine rings is 1. The van der Waals surface area contributed by atoms with Gasteiger partial charge in [0, 0.05) is 31.0 Å². The van der Waals surface area contributed by atoms with Crippen molar-refractivity contribution in [1.82, 2.24) is 19.7 Å². The van der Waals surface area contributed by atoms with Gasteiger partial charge in [-0.25, -0.2) is 4.79 Å². The summed E-state index contributed by atoms with van der Waals surface area (Å²) in [5.41, 5.74) is 0. The fraction of sp³-hybridized carbons (Fsp3) is 0.750. The third-order valence-electron chi connectivity index (χ3n) is 3.91. The Kier molecular flexibility index (Phi) is 2.93. The van der Waals surface area contributed by atoms with Crippen LogP contribution in [-0.4, -0.2) is 45.5 Å². The van der Waals surface area contributed by atoms with Gasteiger partial charge in [-0.15, -0.1) is 10.2 Å². The van der Waals surface area contributed by atoms with Gasteiger partial charge in [0.1, 0.15) is 12.7 Å². The van der Waals surface area contributed by atoms with Gasteiger partial charge in [0.15, 0.2) is 0 Å². The topological polar surface area (TPSA) is 60.2 Å². The average molecular weight is 250 g/mol. The summed E-state index contributed by atoms with van der Waals surface area (Å²) < 4.78 is 7.27. The van der Waals surface area contributed by atoms with Crippen LogP contribution in [0.25, 0.3) is 0 Å². The van der Waals surface area contributed by atoms with Crippen LogP contribution in [0.1, 0.15) is 25.8 Å². The molecule has 6 nitrogen and oxygen atoms in total. The maximum atomic E-state index is 11.8. The molecule has 0 aromatic carbocycles. The van der Waals surface area contributed by atoms with Crippen molar-refractivity contribution < 1.29 is 9.53 Å². The number of likely N-dealkylation sites (tertiary alicyclic amines) is 1. The number of nitrogens with zero attached hydrogens (tertiary/aromatic N) is 4. The molecule has 0 radical (unpaired) electrons. The minimum Gasteiger partial charge on any atom is -0.449 e. The number of fused-ring (bicyclic) bond motifs is 1. The van der Waals surface area contributed by atoms with E-state index in [1.807, 2.05) is 4.90 Å². The minimum atomic E-state index is -0.154. The van der Waals surface area contributed by atoms with Crippen LogP contribution < -0.4 is 0 Å². The quantitative estimate of drug-likeness (QED) is 0.756. The molecule has 1 aromatic heterocycles. The number of hydrogen-bond acceptors (Lipinski definition) is 4. The smallest absolute Gasteiger partial charge is 0.409 e. The molecule has 1 aliphatic heterocycles. The molecule has 0 bridgehead atoms. The molecule has 1 amide bonds. The third kappa shape index (κ3) is 1.95. The lowest BCUT2D eigenvalue weighted by molar-refractivity contribution is 0.104. The van der Waals surface area contributed by atoms with Crippen LogP contribution in [0.5, 0.6) is 0 Å². The van der Waals surface area contributed by atoms with Gasteiger partial charge in [-0.05, 0) is 6.42 Å². The molecule has 1 aromatic rings. The van der Waals surface area contributed by atoms with Crippen LogP contribution in [0.3, 0.4) is 0 Å². The zero-order valence-corrected chi connectivity index (χ0v) is 10.5. The van der Waals surface area contributed by atoms with Crippen LogP contribution in [0.15, 0.2) is 12.7 Å². The molecule has 2 fully saturated rings. The molecular formula is C12H18N4O2. The van der Waals surface area contributed by atoms with E-state index in [-0.39, 0.29) is 6.09 Å². The summed E-state index contributed by atoms with van der Waals surface area (Å²) in [5.74, 6) is 1.11. The van der Waals surface area contributed by atoms with Crippen LogP contribution in [-0.2, 0) is 4.74 Å². The van der Waals surface area contributed by atoms with E-state index in [1.54, 1.807) is 12.7 Å². The highest BCUT2D eigenvalue weighted by molar-refractivity contribution is 5.68. The molecular weight excluding hydrogens is 232 g/mol. The Bertz CT molecular complexity index is 408. The molecule has 2 heterocycles. The fourth-order valence-electron chi connectivity index (χ4n) is 2.84. The summed E-state index contributed by atoms with van der Waals surface area (Å²) in [6, 6.07) is 0.486. The van der Waals surface area contributed by atoms with E-state index >= 15 is 0 Å². The van der Waals surface area contributed by atoms with Crippen LogP contribution in [0.2, 0.25) is 0 Å². The van der Waals surface area contributed by atoms with Crippen molar-refractivity contribution in [1.29, 1.82) is 0 Å². The van der Waals surface area contributed by atoms with E-state index in [9.17, 15) is 4.79 Å². The van der Waals surface area contributed by atoms with Gasteiger partial charge in [-0.3, -0.25) is 0 Å². The monoisotopic (exact) mass is 250 g/mol. The normalized spacial score (nSPS) is 29.2. The van der Waals surface area contributed by atoms with Gasteiger partial charge in [0.05, 0.1) is 6.61 Å². The van der Waals surface area contributed by atoms with Crippen LogP contribution in [0, 0.1) is 11.8 Å². The molecule has 2 aliphatic rings. The molecule has 1 aliphatic carbocycles. The number of rotatable bonds is 4. The summed E-state index contributed by atoms with van der Waals surface area (Å²) >= 11 is 0. The Balaban J connectivity index is 1.47. The summed E-state index contributed by atoms with van der Waals surface area (Å²) in [6.07, 6.45) is 5.35. The molecule has 1 saturated carbocycles. The fourth-order valence-corrected chi connectivity index (χ4v) is 2.84. The van der Waals surface area contributed by atoms with Gasteiger partial charge in [-0.2, -0.15) is 0 Å². The highest BCUT2D eigenvalue weighted by Crippen LogP contribution is 2.55. The Morgan fingerprint density at radius 1 is 1.33 bits per heavy atom. The maximum absolute atomic E-state index is 11.8. The van der Waals surface area contributed by atoms with E-state index in [0.29, 0.717) is 24.5 Å². The van der Waals surface area contributed by atoms with E-state index in [4.69, 9.17) is 4.74 Å². The first-order chi connectivity index (χ1) is 8.81. The van der Waals surface area contributed by atoms with E-state index in [0.717, 1.165) is 25.9 Å². The van der Waals surface area contributed by atoms with Crippen molar-refractivity contribution in [2.75, 3.05) is 19.7 Å². The zero-order chi connectivity index (χ0) is 12.5. The van der Waals surface area contributed by atoms with Crippen molar-refractivity contribution in [2.45, 2.75) is 25.8 Å². The molecule has 1 saturated heterocycles. The van der Waals surface area contributed by atoms with Crippen LogP contribution in [0.4, 0.5) is 4.79 Å². The number of aromatic nitrogens is 3. The molecule has 0 N–H and O–H groups in total. The second kappa shape index (κ2) is 4.59. The van der Waals surface area contributed by atoms with Crippen molar-refractivity contribution in [3.05, 3.63) is 12.7 Å². The van der Waals surface area contributed by atoms with Gasteiger partial charge < -0.3 is 14.2 Å². The molecule has 3 rings (SSSR count). The van der Waals surface area contributed by atoms with Gasteiger partial charge in [-0.1, -0.05) is 13.3 Å². The lowest BCUT2D eigenvalue weighted by atomic mass is 10.4. The zero-order valence-electron chi connectivity index (χ0n) is 10.5.